The van der Waals surface area contributed by atoms with Crippen molar-refractivity contribution in [2.75, 3.05) is 17.7 Å². The molecule has 0 fully saturated rings. The summed E-state index contributed by atoms with van der Waals surface area (Å²) < 4.78 is 1.98. The number of aromatic nitrogens is 3. The van der Waals surface area contributed by atoms with E-state index in [0.29, 0.717) is 17.1 Å². The van der Waals surface area contributed by atoms with Crippen LogP contribution in [0.2, 0.25) is 0 Å². The van der Waals surface area contributed by atoms with Gasteiger partial charge in [-0.15, -0.1) is 0 Å². The molecule has 0 saturated carbocycles. The van der Waals surface area contributed by atoms with E-state index in [-0.39, 0.29) is 5.91 Å². The molecule has 6 nitrogen and oxygen atoms in total. The van der Waals surface area contributed by atoms with Crippen molar-refractivity contribution in [3.63, 3.8) is 0 Å². The van der Waals surface area contributed by atoms with Crippen molar-refractivity contribution in [1.82, 2.24) is 14.4 Å². The van der Waals surface area contributed by atoms with Gasteiger partial charge in [0.1, 0.15) is 11.5 Å². The second-order valence-electron chi connectivity index (χ2n) is 5.77. The lowest BCUT2D eigenvalue weighted by Gasteiger charge is -2.09. The number of hydrogen-bond donors (Lipinski definition) is 2. The molecule has 0 saturated heterocycles. The summed E-state index contributed by atoms with van der Waals surface area (Å²) in [5.74, 6) is 0.342. The third-order valence-electron chi connectivity index (χ3n) is 4.09. The standard InChI is InChI=1S/C20H17N5O/c1-21-19-16(5-4-11-22-19)20(26)23-15-9-7-14(8-10-15)17-13-25-12-3-2-6-18(25)24-17/h2-13H,1H3,(H,21,22)(H,23,26). The molecule has 0 radical (unpaired) electrons. The van der Waals surface area contributed by atoms with E-state index < -0.39 is 0 Å². The number of pyridine rings is 2. The fourth-order valence-corrected chi connectivity index (χ4v) is 2.78. The molecule has 1 aromatic carbocycles. The molecule has 0 spiro atoms. The van der Waals surface area contributed by atoms with Crippen molar-refractivity contribution in [2.45, 2.75) is 0 Å². The number of carbonyl (C=O) groups is 1. The molecule has 1 amide bonds. The number of nitrogens with one attached hydrogen (secondary N) is 2. The molecule has 3 aromatic heterocycles. The Labute approximate surface area is 150 Å². The predicted molar refractivity (Wildman–Crippen MR) is 102 cm³/mol. The van der Waals surface area contributed by atoms with E-state index in [2.05, 4.69) is 20.6 Å². The van der Waals surface area contributed by atoms with E-state index in [4.69, 9.17) is 0 Å². The Bertz CT molecular complexity index is 1040. The highest BCUT2D eigenvalue weighted by Crippen LogP contribution is 2.22. The number of carbonyl (C=O) groups excluding carboxylic acids is 1. The minimum Gasteiger partial charge on any atom is -0.372 e. The molecular formula is C20H17N5O. The van der Waals surface area contributed by atoms with Crippen LogP contribution in [-0.4, -0.2) is 27.3 Å². The lowest BCUT2D eigenvalue weighted by Crippen LogP contribution is -2.14. The Morgan fingerprint density at radius 1 is 1.04 bits per heavy atom. The summed E-state index contributed by atoms with van der Waals surface area (Å²) in [4.78, 5) is 21.2. The first kappa shape index (κ1) is 15.8. The molecular weight excluding hydrogens is 326 g/mol. The first-order chi connectivity index (χ1) is 12.7. The Morgan fingerprint density at radius 2 is 1.88 bits per heavy atom. The average molecular weight is 343 g/mol. The third-order valence-corrected chi connectivity index (χ3v) is 4.09. The van der Waals surface area contributed by atoms with E-state index in [9.17, 15) is 4.79 Å². The molecule has 3 heterocycles. The van der Waals surface area contributed by atoms with Gasteiger partial charge >= 0.3 is 0 Å². The molecule has 0 unspecified atom stereocenters. The van der Waals surface area contributed by atoms with E-state index in [1.165, 1.54) is 0 Å². The van der Waals surface area contributed by atoms with Crippen LogP contribution in [0.25, 0.3) is 16.9 Å². The molecule has 4 aromatic rings. The van der Waals surface area contributed by atoms with Gasteiger partial charge in [-0.05, 0) is 36.4 Å². The van der Waals surface area contributed by atoms with Crippen LogP contribution in [-0.2, 0) is 0 Å². The predicted octanol–water partition coefficient (Wildman–Crippen LogP) is 3.69. The van der Waals surface area contributed by atoms with Crippen LogP contribution in [0.3, 0.4) is 0 Å². The second kappa shape index (κ2) is 6.68. The first-order valence-corrected chi connectivity index (χ1v) is 8.23. The zero-order valence-electron chi connectivity index (χ0n) is 14.2. The van der Waals surface area contributed by atoms with Gasteiger partial charge in [0, 0.05) is 36.9 Å². The lowest BCUT2D eigenvalue weighted by atomic mass is 10.1. The topological polar surface area (TPSA) is 71.3 Å². The number of nitrogens with zero attached hydrogens (tertiary/aromatic N) is 3. The van der Waals surface area contributed by atoms with Gasteiger partial charge in [-0.2, -0.15) is 0 Å². The van der Waals surface area contributed by atoms with Gasteiger partial charge in [-0.3, -0.25) is 4.79 Å². The number of anilines is 2. The smallest absolute Gasteiger partial charge is 0.259 e. The molecule has 6 heteroatoms. The van der Waals surface area contributed by atoms with Crippen molar-refractivity contribution in [3.8, 4) is 11.3 Å². The van der Waals surface area contributed by atoms with Crippen molar-refractivity contribution in [2.24, 2.45) is 0 Å². The second-order valence-corrected chi connectivity index (χ2v) is 5.77. The normalized spacial score (nSPS) is 10.7. The summed E-state index contributed by atoms with van der Waals surface area (Å²) in [6.45, 7) is 0. The average Bonchev–Trinajstić information content (AvgIpc) is 3.12. The summed E-state index contributed by atoms with van der Waals surface area (Å²) >= 11 is 0. The number of amides is 1. The number of imidazole rings is 1. The van der Waals surface area contributed by atoms with Crippen LogP contribution in [0.4, 0.5) is 11.5 Å². The van der Waals surface area contributed by atoms with E-state index >= 15 is 0 Å². The van der Waals surface area contributed by atoms with Crippen LogP contribution in [0.5, 0.6) is 0 Å². The maximum atomic E-state index is 12.5. The highest BCUT2D eigenvalue weighted by molar-refractivity contribution is 6.07. The maximum absolute atomic E-state index is 12.5. The quantitative estimate of drug-likeness (QED) is 0.593. The maximum Gasteiger partial charge on any atom is 0.259 e. The molecule has 0 bridgehead atoms. The fraction of sp³-hybridized carbons (Fsp3) is 0.0500. The molecule has 2 N–H and O–H groups in total. The Balaban J connectivity index is 1.55. The number of rotatable bonds is 4. The monoisotopic (exact) mass is 343 g/mol. The van der Waals surface area contributed by atoms with Crippen molar-refractivity contribution >= 4 is 23.1 Å². The van der Waals surface area contributed by atoms with E-state index in [1.54, 1.807) is 25.4 Å². The van der Waals surface area contributed by atoms with Crippen LogP contribution >= 0.6 is 0 Å². The summed E-state index contributed by atoms with van der Waals surface area (Å²) in [5.41, 5.74) is 3.99. The Morgan fingerprint density at radius 3 is 2.65 bits per heavy atom. The Hall–Kier alpha value is -3.67. The molecule has 0 aliphatic heterocycles. The van der Waals surface area contributed by atoms with E-state index in [1.807, 2.05) is 59.3 Å². The number of fused-ring (bicyclic) bond motifs is 1. The summed E-state index contributed by atoms with van der Waals surface area (Å²) in [5, 5.41) is 5.82. The molecule has 26 heavy (non-hydrogen) atoms. The van der Waals surface area contributed by atoms with Gasteiger partial charge in [0.15, 0.2) is 0 Å². The van der Waals surface area contributed by atoms with Gasteiger partial charge in [-0.1, -0.05) is 18.2 Å². The first-order valence-electron chi connectivity index (χ1n) is 8.23. The van der Waals surface area contributed by atoms with E-state index in [0.717, 1.165) is 16.9 Å². The van der Waals surface area contributed by atoms with Crippen LogP contribution < -0.4 is 10.6 Å². The molecule has 4 rings (SSSR count). The minimum absolute atomic E-state index is 0.206. The van der Waals surface area contributed by atoms with Gasteiger partial charge in [0.25, 0.3) is 5.91 Å². The third kappa shape index (κ3) is 3.00. The van der Waals surface area contributed by atoms with Crippen LogP contribution in [0.1, 0.15) is 10.4 Å². The van der Waals surface area contributed by atoms with Crippen molar-refractivity contribution in [3.05, 3.63) is 78.8 Å². The van der Waals surface area contributed by atoms with Gasteiger partial charge in [0.2, 0.25) is 0 Å². The number of hydrogen-bond acceptors (Lipinski definition) is 4. The van der Waals surface area contributed by atoms with Gasteiger partial charge in [0.05, 0.1) is 11.3 Å². The fourth-order valence-electron chi connectivity index (χ4n) is 2.78. The highest BCUT2D eigenvalue weighted by Gasteiger charge is 2.11. The molecule has 128 valence electrons. The molecule has 0 aliphatic rings. The lowest BCUT2D eigenvalue weighted by molar-refractivity contribution is 0.102. The summed E-state index contributed by atoms with van der Waals surface area (Å²) in [7, 11) is 1.74. The Kier molecular flexibility index (Phi) is 4.07. The summed E-state index contributed by atoms with van der Waals surface area (Å²) in [6, 6.07) is 17.0. The SMILES string of the molecule is CNc1ncccc1C(=O)Nc1ccc(-c2cn3ccccc3n2)cc1. The molecule has 0 atom stereocenters. The van der Waals surface area contributed by atoms with Crippen LogP contribution in [0.15, 0.2) is 73.2 Å². The zero-order valence-corrected chi connectivity index (χ0v) is 14.2. The minimum atomic E-state index is -0.206. The molecule has 0 aliphatic carbocycles. The van der Waals surface area contributed by atoms with Gasteiger partial charge in [-0.25, -0.2) is 9.97 Å². The summed E-state index contributed by atoms with van der Waals surface area (Å²) in [6.07, 6.45) is 5.59. The number of benzene rings is 1. The highest BCUT2D eigenvalue weighted by atomic mass is 16.1. The van der Waals surface area contributed by atoms with Crippen molar-refractivity contribution < 1.29 is 4.79 Å². The van der Waals surface area contributed by atoms with Crippen molar-refractivity contribution in [1.29, 1.82) is 0 Å². The zero-order chi connectivity index (χ0) is 17.9. The largest absolute Gasteiger partial charge is 0.372 e. The van der Waals surface area contributed by atoms with Crippen LogP contribution in [0, 0.1) is 0 Å². The van der Waals surface area contributed by atoms with Gasteiger partial charge < -0.3 is 15.0 Å².